The van der Waals surface area contributed by atoms with E-state index in [0.717, 1.165) is 18.5 Å². The van der Waals surface area contributed by atoms with Crippen molar-refractivity contribution in [3.8, 4) is 0 Å². The summed E-state index contributed by atoms with van der Waals surface area (Å²) in [7, 11) is 0. The van der Waals surface area contributed by atoms with Gasteiger partial charge in [0.15, 0.2) is 0 Å². The summed E-state index contributed by atoms with van der Waals surface area (Å²) in [5.41, 5.74) is 0.724. The van der Waals surface area contributed by atoms with Crippen LogP contribution in [0, 0.1) is 0 Å². The van der Waals surface area contributed by atoms with E-state index in [1.807, 2.05) is 0 Å². The minimum atomic E-state index is -0.0948. The molecule has 1 aliphatic rings. The molecule has 1 amide bonds. The van der Waals surface area contributed by atoms with Crippen molar-refractivity contribution in [2.24, 2.45) is 0 Å². The molecule has 0 bridgehead atoms. The monoisotopic (exact) mass is 309 g/mol. The fraction of sp³-hybridized carbons (Fsp3) is 0.333. The van der Waals surface area contributed by atoms with Crippen molar-refractivity contribution >= 4 is 35.0 Å². The molecule has 8 heteroatoms. The summed E-state index contributed by atoms with van der Waals surface area (Å²) < 4.78 is 1.79. The van der Waals surface area contributed by atoms with E-state index >= 15 is 0 Å². The number of halogens is 1. The minimum absolute atomic E-state index is 0.0948. The molecule has 1 saturated carbocycles. The van der Waals surface area contributed by atoms with Gasteiger partial charge in [-0.15, -0.1) is 5.10 Å². The number of carbonyl (C=O) groups excluding carboxylic acids is 1. The van der Waals surface area contributed by atoms with Crippen LogP contribution in [0.5, 0.6) is 0 Å². The second kappa shape index (κ2) is 5.80. The first-order valence-corrected chi connectivity index (χ1v) is 7.55. The van der Waals surface area contributed by atoms with E-state index in [1.165, 1.54) is 11.8 Å². The molecule has 0 saturated heterocycles. The largest absolute Gasteiger partial charge is 0.325 e. The summed E-state index contributed by atoms with van der Waals surface area (Å²) in [5, 5.41) is 15.7. The Bertz CT molecular complexity index is 611. The van der Waals surface area contributed by atoms with Gasteiger partial charge in [-0.05, 0) is 47.5 Å². The Morgan fingerprint density at radius 2 is 2.15 bits per heavy atom. The van der Waals surface area contributed by atoms with Gasteiger partial charge >= 0.3 is 0 Å². The number of carbonyl (C=O) groups is 1. The van der Waals surface area contributed by atoms with E-state index in [2.05, 4.69) is 20.8 Å². The van der Waals surface area contributed by atoms with Gasteiger partial charge in [0.1, 0.15) is 0 Å². The molecule has 1 aromatic carbocycles. The predicted molar refractivity (Wildman–Crippen MR) is 76.9 cm³/mol. The second-order valence-corrected chi connectivity index (χ2v) is 5.86. The number of hydrogen-bond donors (Lipinski definition) is 1. The maximum atomic E-state index is 11.8. The van der Waals surface area contributed by atoms with Crippen LogP contribution in [-0.2, 0) is 4.79 Å². The highest BCUT2D eigenvalue weighted by Crippen LogP contribution is 2.36. The number of aromatic nitrogens is 4. The summed E-state index contributed by atoms with van der Waals surface area (Å²) in [6, 6.07) is 7.40. The maximum absolute atomic E-state index is 11.8. The van der Waals surface area contributed by atoms with Crippen LogP contribution >= 0.6 is 23.4 Å². The van der Waals surface area contributed by atoms with E-state index < -0.39 is 0 Å². The second-order valence-electron chi connectivity index (χ2n) is 4.48. The number of rotatable bonds is 5. The zero-order valence-electron chi connectivity index (χ0n) is 10.5. The number of hydrogen-bond acceptors (Lipinski definition) is 5. The van der Waals surface area contributed by atoms with Gasteiger partial charge < -0.3 is 5.32 Å². The Morgan fingerprint density at radius 3 is 2.85 bits per heavy atom. The van der Waals surface area contributed by atoms with E-state index in [-0.39, 0.29) is 11.7 Å². The molecule has 1 N–H and O–H groups in total. The van der Waals surface area contributed by atoms with Crippen molar-refractivity contribution in [2.45, 2.75) is 24.0 Å². The van der Waals surface area contributed by atoms with E-state index in [1.54, 1.807) is 28.9 Å². The molecule has 1 aliphatic carbocycles. The van der Waals surface area contributed by atoms with Gasteiger partial charge in [-0.3, -0.25) is 4.79 Å². The van der Waals surface area contributed by atoms with Crippen LogP contribution < -0.4 is 5.32 Å². The van der Waals surface area contributed by atoms with Crippen molar-refractivity contribution < 1.29 is 4.79 Å². The van der Waals surface area contributed by atoms with Gasteiger partial charge in [0.05, 0.1) is 11.8 Å². The summed E-state index contributed by atoms with van der Waals surface area (Å²) in [5.74, 6) is 0.179. The molecular weight excluding hydrogens is 298 g/mol. The van der Waals surface area contributed by atoms with Crippen LogP contribution in [0.25, 0.3) is 0 Å². The number of benzene rings is 1. The lowest BCUT2D eigenvalue weighted by Gasteiger charge is -2.05. The van der Waals surface area contributed by atoms with E-state index in [0.29, 0.717) is 16.2 Å². The quantitative estimate of drug-likeness (QED) is 0.859. The first-order valence-electron chi connectivity index (χ1n) is 6.18. The minimum Gasteiger partial charge on any atom is -0.325 e. The number of amides is 1. The zero-order chi connectivity index (χ0) is 13.9. The third-order valence-electron chi connectivity index (χ3n) is 2.82. The van der Waals surface area contributed by atoms with Crippen LogP contribution in [-0.4, -0.2) is 31.9 Å². The third kappa shape index (κ3) is 3.29. The molecule has 1 heterocycles. The van der Waals surface area contributed by atoms with Gasteiger partial charge in [-0.2, -0.15) is 0 Å². The Labute approximate surface area is 124 Å². The number of anilines is 1. The SMILES string of the molecule is O=C(CSc1nnnn1C1CC1)Nc1ccc(Cl)cc1. The Balaban J connectivity index is 1.54. The van der Waals surface area contributed by atoms with Crippen molar-refractivity contribution in [3.63, 3.8) is 0 Å². The van der Waals surface area contributed by atoms with Gasteiger partial charge in [0, 0.05) is 10.7 Å². The molecule has 0 atom stereocenters. The molecular formula is C12H12ClN5OS. The summed E-state index contributed by atoms with van der Waals surface area (Å²) >= 11 is 7.13. The van der Waals surface area contributed by atoms with Gasteiger partial charge in [-0.25, -0.2) is 4.68 Å². The Morgan fingerprint density at radius 1 is 1.40 bits per heavy atom. The summed E-state index contributed by atoms with van der Waals surface area (Å²) in [6.07, 6.45) is 2.21. The van der Waals surface area contributed by atoms with E-state index in [4.69, 9.17) is 11.6 Å². The fourth-order valence-electron chi connectivity index (χ4n) is 1.69. The van der Waals surface area contributed by atoms with Crippen LogP contribution in [0.3, 0.4) is 0 Å². The molecule has 3 rings (SSSR count). The van der Waals surface area contributed by atoms with Gasteiger partial charge in [0.25, 0.3) is 0 Å². The summed E-state index contributed by atoms with van der Waals surface area (Å²) in [6.45, 7) is 0. The highest BCUT2D eigenvalue weighted by molar-refractivity contribution is 7.99. The van der Waals surface area contributed by atoms with Gasteiger partial charge in [-0.1, -0.05) is 23.4 Å². The standard InChI is InChI=1S/C12H12ClN5OS/c13-8-1-3-9(4-2-8)14-11(19)7-20-12-15-16-17-18(12)10-5-6-10/h1-4,10H,5-7H2,(H,14,19). The van der Waals surface area contributed by atoms with Crippen LogP contribution in [0.2, 0.25) is 5.02 Å². The van der Waals surface area contributed by atoms with Crippen LogP contribution in [0.4, 0.5) is 5.69 Å². The van der Waals surface area contributed by atoms with Gasteiger partial charge in [0.2, 0.25) is 11.1 Å². The number of nitrogens with zero attached hydrogens (tertiary/aromatic N) is 4. The zero-order valence-corrected chi connectivity index (χ0v) is 12.1. The molecule has 1 aromatic heterocycles. The van der Waals surface area contributed by atoms with Crippen LogP contribution in [0.15, 0.2) is 29.4 Å². The molecule has 0 unspecified atom stereocenters. The molecule has 2 aromatic rings. The summed E-state index contributed by atoms with van der Waals surface area (Å²) in [4.78, 5) is 11.8. The maximum Gasteiger partial charge on any atom is 0.234 e. The first kappa shape index (κ1) is 13.4. The molecule has 20 heavy (non-hydrogen) atoms. The molecule has 104 valence electrons. The van der Waals surface area contributed by atoms with E-state index in [9.17, 15) is 4.79 Å². The third-order valence-corrected chi connectivity index (χ3v) is 4.00. The van der Waals surface area contributed by atoms with Crippen molar-refractivity contribution in [1.29, 1.82) is 0 Å². The highest BCUT2D eigenvalue weighted by Gasteiger charge is 2.28. The lowest BCUT2D eigenvalue weighted by atomic mass is 10.3. The normalized spacial score (nSPS) is 14.2. The lowest BCUT2D eigenvalue weighted by Crippen LogP contribution is -2.14. The van der Waals surface area contributed by atoms with Crippen molar-refractivity contribution in [2.75, 3.05) is 11.1 Å². The average Bonchev–Trinajstić information content (AvgIpc) is 3.18. The predicted octanol–water partition coefficient (Wildman–Crippen LogP) is 2.39. The molecule has 0 spiro atoms. The molecule has 0 radical (unpaired) electrons. The Kier molecular flexibility index (Phi) is 3.88. The topological polar surface area (TPSA) is 72.7 Å². The number of nitrogens with one attached hydrogen (secondary N) is 1. The van der Waals surface area contributed by atoms with Crippen molar-refractivity contribution in [1.82, 2.24) is 20.2 Å². The Hall–Kier alpha value is -1.60. The smallest absolute Gasteiger partial charge is 0.234 e. The highest BCUT2D eigenvalue weighted by atomic mass is 35.5. The lowest BCUT2D eigenvalue weighted by molar-refractivity contribution is -0.113. The molecule has 6 nitrogen and oxygen atoms in total. The molecule has 0 aliphatic heterocycles. The molecule has 1 fully saturated rings. The van der Waals surface area contributed by atoms with Crippen LogP contribution in [0.1, 0.15) is 18.9 Å². The fourth-order valence-corrected chi connectivity index (χ4v) is 2.56. The van der Waals surface area contributed by atoms with Crippen molar-refractivity contribution in [3.05, 3.63) is 29.3 Å². The first-order chi connectivity index (χ1) is 9.72. The number of thioether (sulfide) groups is 1. The average molecular weight is 310 g/mol. The number of tetrazole rings is 1.